The first-order valence-corrected chi connectivity index (χ1v) is 7.89. The lowest BCUT2D eigenvalue weighted by atomic mass is 10.1. The Kier molecular flexibility index (Phi) is 6.18. The number of para-hydroxylation sites is 1. The van der Waals surface area contributed by atoms with Gasteiger partial charge in [0.1, 0.15) is 11.5 Å². The van der Waals surface area contributed by atoms with E-state index in [4.69, 9.17) is 10.5 Å². The highest BCUT2D eigenvalue weighted by Crippen LogP contribution is 2.26. The maximum Gasteiger partial charge on any atom is 0.220 e. The van der Waals surface area contributed by atoms with E-state index in [-0.39, 0.29) is 11.9 Å². The lowest BCUT2D eigenvalue weighted by Gasteiger charge is -2.13. The van der Waals surface area contributed by atoms with E-state index in [2.05, 4.69) is 5.32 Å². The summed E-state index contributed by atoms with van der Waals surface area (Å²) in [6.45, 7) is 4.36. The Morgan fingerprint density at radius 2 is 1.96 bits per heavy atom. The van der Waals surface area contributed by atoms with Crippen LogP contribution in [0.5, 0.6) is 11.5 Å². The first kappa shape index (κ1) is 17.0. The molecule has 23 heavy (non-hydrogen) atoms. The Morgan fingerprint density at radius 1 is 1.22 bits per heavy atom. The van der Waals surface area contributed by atoms with Crippen molar-refractivity contribution in [1.29, 1.82) is 0 Å². The number of nitrogens with one attached hydrogen (secondary N) is 1. The summed E-state index contributed by atoms with van der Waals surface area (Å²) in [5, 5.41) is 2.93. The van der Waals surface area contributed by atoms with Crippen molar-refractivity contribution < 1.29 is 9.53 Å². The molecule has 0 aliphatic carbocycles. The number of rotatable bonds is 7. The topological polar surface area (TPSA) is 64.4 Å². The fourth-order valence-corrected chi connectivity index (χ4v) is 2.16. The van der Waals surface area contributed by atoms with Gasteiger partial charge in [-0.15, -0.1) is 0 Å². The number of ether oxygens (including phenoxy) is 1. The summed E-state index contributed by atoms with van der Waals surface area (Å²) in [4.78, 5) is 11.8. The first-order valence-electron chi connectivity index (χ1n) is 7.89. The van der Waals surface area contributed by atoms with Crippen molar-refractivity contribution in [3.63, 3.8) is 0 Å². The smallest absolute Gasteiger partial charge is 0.220 e. The third-order valence-electron chi connectivity index (χ3n) is 3.50. The Morgan fingerprint density at radius 3 is 2.65 bits per heavy atom. The third-order valence-corrected chi connectivity index (χ3v) is 3.50. The number of amides is 1. The predicted molar refractivity (Wildman–Crippen MR) is 92.4 cm³/mol. The molecule has 1 amide bonds. The summed E-state index contributed by atoms with van der Waals surface area (Å²) in [6, 6.07) is 15.7. The molecule has 0 aliphatic heterocycles. The molecule has 0 aromatic heterocycles. The van der Waals surface area contributed by atoms with Crippen LogP contribution in [0.25, 0.3) is 0 Å². The number of carbonyl (C=O) groups excluding carboxylic acids is 1. The molecule has 1 atom stereocenters. The van der Waals surface area contributed by atoms with Crippen molar-refractivity contribution in [2.24, 2.45) is 5.73 Å². The summed E-state index contributed by atoms with van der Waals surface area (Å²) in [5.74, 6) is 1.56. The summed E-state index contributed by atoms with van der Waals surface area (Å²) in [7, 11) is 0. The lowest BCUT2D eigenvalue weighted by Crippen LogP contribution is -2.25. The van der Waals surface area contributed by atoms with Gasteiger partial charge < -0.3 is 15.8 Å². The molecule has 1 unspecified atom stereocenters. The van der Waals surface area contributed by atoms with E-state index >= 15 is 0 Å². The first-order chi connectivity index (χ1) is 11.0. The lowest BCUT2D eigenvalue weighted by molar-refractivity contribution is -0.121. The second kappa shape index (κ2) is 8.34. The molecule has 0 saturated heterocycles. The van der Waals surface area contributed by atoms with E-state index in [1.165, 1.54) is 0 Å². The summed E-state index contributed by atoms with van der Waals surface area (Å²) in [6.07, 6.45) is 1.13. The molecular weight excluding hydrogens is 288 g/mol. The van der Waals surface area contributed by atoms with Crippen molar-refractivity contribution in [2.75, 3.05) is 0 Å². The minimum Gasteiger partial charge on any atom is -0.457 e. The van der Waals surface area contributed by atoms with Crippen LogP contribution >= 0.6 is 0 Å². The van der Waals surface area contributed by atoms with Crippen molar-refractivity contribution in [2.45, 2.75) is 39.3 Å². The zero-order valence-electron chi connectivity index (χ0n) is 13.7. The molecule has 0 radical (unpaired) electrons. The molecule has 0 aliphatic rings. The predicted octanol–water partition coefficient (Wildman–Crippen LogP) is 3.53. The van der Waals surface area contributed by atoms with Gasteiger partial charge in [-0.3, -0.25) is 4.79 Å². The van der Waals surface area contributed by atoms with Crippen LogP contribution in [0.1, 0.15) is 30.9 Å². The molecule has 0 fully saturated rings. The van der Waals surface area contributed by atoms with Crippen LogP contribution in [0.4, 0.5) is 0 Å². The maximum atomic E-state index is 11.8. The van der Waals surface area contributed by atoms with E-state index in [0.29, 0.717) is 19.4 Å². The van der Waals surface area contributed by atoms with Crippen LogP contribution in [0.2, 0.25) is 0 Å². The van der Waals surface area contributed by atoms with E-state index in [1.807, 2.05) is 62.4 Å². The van der Waals surface area contributed by atoms with Gasteiger partial charge in [0, 0.05) is 24.6 Å². The van der Waals surface area contributed by atoms with E-state index in [1.54, 1.807) is 0 Å². The summed E-state index contributed by atoms with van der Waals surface area (Å²) in [5.41, 5.74) is 7.74. The Hall–Kier alpha value is -2.33. The standard InChI is InChI=1S/C19H24N2O2/c1-14-8-10-16(13-21-19(22)11-9-15(2)20)18(12-14)23-17-6-4-3-5-7-17/h3-8,10,12,15H,9,11,13,20H2,1-2H3,(H,21,22). The molecule has 122 valence electrons. The average Bonchev–Trinajstić information content (AvgIpc) is 2.53. The number of aryl methyl sites for hydroxylation is 1. The molecule has 4 nitrogen and oxygen atoms in total. The number of benzene rings is 2. The van der Waals surface area contributed by atoms with E-state index in [0.717, 1.165) is 22.6 Å². The Labute approximate surface area is 137 Å². The molecule has 0 bridgehead atoms. The molecule has 2 aromatic rings. The van der Waals surface area contributed by atoms with E-state index < -0.39 is 0 Å². The van der Waals surface area contributed by atoms with Crippen molar-refractivity contribution in [3.8, 4) is 11.5 Å². The van der Waals surface area contributed by atoms with Gasteiger partial charge in [0.2, 0.25) is 5.91 Å². The molecule has 0 spiro atoms. The highest BCUT2D eigenvalue weighted by atomic mass is 16.5. The van der Waals surface area contributed by atoms with Crippen LogP contribution in [0.15, 0.2) is 48.5 Å². The van der Waals surface area contributed by atoms with Gasteiger partial charge in [0.15, 0.2) is 0 Å². The van der Waals surface area contributed by atoms with Gasteiger partial charge in [0.05, 0.1) is 0 Å². The zero-order valence-corrected chi connectivity index (χ0v) is 13.7. The largest absolute Gasteiger partial charge is 0.457 e. The van der Waals surface area contributed by atoms with Crippen LogP contribution in [-0.2, 0) is 11.3 Å². The normalized spacial score (nSPS) is 11.8. The molecule has 0 saturated carbocycles. The minimum atomic E-state index is 0.00790. The van der Waals surface area contributed by atoms with Crippen LogP contribution in [0.3, 0.4) is 0 Å². The maximum absolute atomic E-state index is 11.8. The van der Waals surface area contributed by atoms with Crippen molar-refractivity contribution in [3.05, 3.63) is 59.7 Å². The van der Waals surface area contributed by atoms with Crippen LogP contribution in [-0.4, -0.2) is 11.9 Å². The van der Waals surface area contributed by atoms with Gasteiger partial charge in [-0.2, -0.15) is 0 Å². The SMILES string of the molecule is Cc1ccc(CNC(=O)CCC(C)N)c(Oc2ccccc2)c1. The molecule has 2 rings (SSSR count). The van der Waals surface area contributed by atoms with Crippen molar-refractivity contribution >= 4 is 5.91 Å². The number of carbonyl (C=O) groups is 1. The Balaban J connectivity index is 2.02. The van der Waals surface area contributed by atoms with Gasteiger partial charge in [0.25, 0.3) is 0 Å². The van der Waals surface area contributed by atoms with Gasteiger partial charge in [-0.05, 0) is 44.0 Å². The molecule has 0 heterocycles. The van der Waals surface area contributed by atoms with Crippen LogP contribution < -0.4 is 15.8 Å². The quantitative estimate of drug-likeness (QED) is 0.822. The average molecular weight is 312 g/mol. The summed E-state index contributed by atoms with van der Waals surface area (Å²) >= 11 is 0. The third kappa shape index (κ3) is 5.75. The van der Waals surface area contributed by atoms with Crippen molar-refractivity contribution in [1.82, 2.24) is 5.32 Å². The number of hydrogen-bond acceptors (Lipinski definition) is 3. The van der Waals surface area contributed by atoms with Gasteiger partial charge >= 0.3 is 0 Å². The fraction of sp³-hybridized carbons (Fsp3) is 0.316. The fourth-order valence-electron chi connectivity index (χ4n) is 2.16. The molecular formula is C19H24N2O2. The monoisotopic (exact) mass is 312 g/mol. The second-order valence-electron chi connectivity index (χ2n) is 5.82. The van der Waals surface area contributed by atoms with Crippen LogP contribution in [0, 0.1) is 6.92 Å². The molecule has 4 heteroatoms. The number of hydrogen-bond donors (Lipinski definition) is 2. The highest BCUT2D eigenvalue weighted by Gasteiger charge is 2.08. The van der Waals surface area contributed by atoms with Gasteiger partial charge in [-0.25, -0.2) is 0 Å². The second-order valence-corrected chi connectivity index (χ2v) is 5.82. The zero-order chi connectivity index (χ0) is 16.7. The number of nitrogens with two attached hydrogens (primary N) is 1. The highest BCUT2D eigenvalue weighted by molar-refractivity contribution is 5.76. The van der Waals surface area contributed by atoms with Gasteiger partial charge in [-0.1, -0.05) is 30.3 Å². The minimum absolute atomic E-state index is 0.00790. The Bertz CT molecular complexity index is 639. The molecule has 3 N–H and O–H groups in total. The molecule has 2 aromatic carbocycles. The summed E-state index contributed by atoms with van der Waals surface area (Å²) < 4.78 is 5.95. The van der Waals surface area contributed by atoms with E-state index in [9.17, 15) is 4.79 Å².